The quantitative estimate of drug-likeness (QED) is 0.0904. The molecule has 15 heteroatoms. The number of nitrogens with one attached hydrogen (secondary N) is 6. The van der Waals surface area contributed by atoms with Gasteiger partial charge in [-0.1, -0.05) is 87.5 Å². The summed E-state index contributed by atoms with van der Waals surface area (Å²) in [5.41, 5.74) is 7.61. The maximum absolute atomic E-state index is 14.2. The third-order valence-corrected chi connectivity index (χ3v) is 14.8. The van der Waals surface area contributed by atoms with E-state index in [-0.39, 0.29) is 74.3 Å². The second-order valence-corrected chi connectivity index (χ2v) is 20.7. The van der Waals surface area contributed by atoms with Crippen molar-refractivity contribution in [3.8, 4) is 0 Å². The van der Waals surface area contributed by atoms with Crippen LogP contribution in [0.4, 0.5) is 5.69 Å². The van der Waals surface area contributed by atoms with Crippen molar-refractivity contribution in [1.29, 1.82) is 0 Å². The minimum atomic E-state index is -0.808. The molecule has 1 fully saturated rings. The molecule has 2 aliphatic carbocycles. The van der Waals surface area contributed by atoms with Crippen LogP contribution in [-0.4, -0.2) is 103 Å². The van der Waals surface area contributed by atoms with Crippen LogP contribution in [0.5, 0.6) is 0 Å². The fraction of sp³-hybridized carbons (Fsp3) is 0.464. The topological polar surface area (TPSA) is 190 Å². The van der Waals surface area contributed by atoms with Gasteiger partial charge in [-0.2, -0.15) is 0 Å². The summed E-state index contributed by atoms with van der Waals surface area (Å²) < 4.78 is 6.46. The smallest absolute Gasteiger partial charge is 0.255 e. The molecule has 2 aliphatic heterocycles. The van der Waals surface area contributed by atoms with Crippen molar-refractivity contribution >= 4 is 41.1 Å². The lowest BCUT2D eigenvalue weighted by molar-refractivity contribution is -0.142. The largest absolute Gasteiger partial charge is 0.372 e. The third-order valence-electron chi connectivity index (χ3n) is 14.8. The third kappa shape index (κ3) is 11.9. The molecule has 2 heterocycles. The fourth-order valence-electron chi connectivity index (χ4n) is 10.8. The lowest BCUT2D eigenvalue weighted by Gasteiger charge is -2.37. The van der Waals surface area contributed by atoms with E-state index in [0.29, 0.717) is 17.7 Å². The van der Waals surface area contributed by atoms with Gasteiger partial charge in [-0.25, -0.2) is 0 Å². The van der Waals surface area contributed by atoms with Crippen LogP contribution >= 0.6 is 0 Å². The first-order valence-corrected chi connectivity index (χ1v) is 25.2. The van der Waals surface area contributed by atoms with E-state index in [1.54, 1.807) is 50.2 Å². The van der Waals surface area contributed by atoms with Gasteiger partial charge in [0.05, 0.1) is 43.4 Å². The van der Waals surface area contributed by atoms with Crippen LogP contribution in [0.25, 0.3) is 0 Å². The molecule has 6 N–H and O–H groups in total. The molecule has 4 aliphatic rings. The molecule has 8 rings (SSSR count). The van der Waals surface area contributed by atoms with Gasteiger partial charge in [0.15, 0.2) is 0 Å². The van der Waals surface area contributed by atoms with Gasteiger partial charge in [0.25, 0.3) is 5.91 Å². The summed E-state index contributed by atoms with van der Waals surface area (Å²) in [4.78, 5) is 86.1. The summed E-state index contributed by atoms with van der Waals surface area (Å²) in [6, 6.07) is 26.2. The van der Waals surface area contributed by atoms with Gasteiger partial charge in [-0.15, -0.1) is 0 Å². The standard InChI is InChI=1S/C56H70N8O7/c1-34(57-5)51(66)59-30-49(65)63-31-40-27-41(25-24-38(40)28-47(63)53(68)61-45-22-12-17-36-15-7-9-20-43(36)45)60-52(67)39-19-11-14-35(26-39)33-71-42-29-48(64(32-42)55(70)50(58-6)56(2,3)4)54(69)62-46-23-13-18-37-16-8-10-21-44(37)46/h7-11,14-16,19-21,24-27,34,42,45-48,50,57-58H,12-13,17-18,22-23,28-33H2,1-6H3,(H,59,66)(H,60,67)(H,61,68)(H,62,69)/t34-,42-,45+,46+,47-,48-,50+/m0/s1. The number of carbonyl (C=O) groups excluding carboxylic acids is 6. The number of rotatable bonds is 15. The number of anilines is 1. The highest BCUT2D eigenvalue weighted by Gasteiger charge is 2.45. The zero-order valence-electron chi connectivity index (χ0n) is 41.9. The van der Waals surface area contributed by atoms with Crippen LogP contribution in [-0.2, 0) is 61.1 Å². The molecule has 0 aromatic heterocycles. The number of hydrogen-bond acceptors (Lipinski definition) is 9. The molecular formula is C56H70N8O7. The number of fused-ring (bicyclic) bond motifs is 3. The second kappa shape index (κ2) is 22.3. The average Bonchev–Trinajstić information content (AvgIpc) is 3.81. The normalized spacial score (nSPS) is 21.4. The van der Waals surface area contributed by atoms with Crippen LogP contribution in [0.15, 0.2) is 91.0 Å². The number of aryl methyl sites for hydroxylation is 2. The molecule has 0 spiro atoms. The molecule has 4 aromatic rings. The van der Waals surface area contributed by atoms with E-state index in [9.17, 15) is 28.8 Å². The van der Waals surface area contributed by atoms with Gasteiger partial charge in [0, 0.05) is 37.2 Å². The minimum Gasteiger partial charge on any atom is -0.372 e. The van der Waals surface area contributed by atoms with Gasteiger partial charge in [-0.3, -0.25) is 28.8 Å². The minimum absolute atomic E-state index is 0.106. The summed E-state index contributed by atoms with van der Waals surface area (Å²) in [5.74, 6) is -1.66. The van der Waals surface area contributed by atoms with E-state index in [0.717, 1.165) is 66.3 Å². The van der Waals surface area contributed by atoms with Crippen molar-refractivity contribution < 1.29 is 33.5 Å². The summed E-state index contributed by atoms with van der Waals surface area (Å²) in [6.45, 7) is 7.94. The number of ether oxygens (including phenoxy) is 1. The van der Waals surface area contributed by atoms with E-state index >= 15 is 0 Å². The van der Waals surface area contributed by atoms with Gasteiger partial charge in [0.1, 0.15) is 12.1 Å². The van der Waals surface area contributed by atoms with E-state index in [2.05, 4.69) is 50.1 Å². The highest BCUT2D eigenvalue weighted by atomic mass is 16.5. The number of amides is 6. The first kappa shape index (κ1) is 51.0. The number of benzene rings is 4. The maximum atomic E-state index is 14.2. The highest BCUT2D eigenvalue weighted by molar-refractivity contribution is 6.04. The highest BCUT2D eigenvalue weighted by Crippen LogP contribution is 2.34. The van der Waals surface area contributed by atoms with Gasteiger partial charge in [-0.05, 0) is 128 Å². The Kier molecular flexibility index (Phi) is 16.0. The molecule has 0 radical (unpaired) electrons. The molecule has 7 atom stereocenters. The van der Waals surface area contributed by atoms with Crippen molar-refractivity contribution in [2.24, 2.45) is 5.41 Å². The van der Waals surface area contributed by atoms with Crippen molar-refractivity contribution in [2.75, 3.05) is 32.5 Å². The zero-order chi connectivity index (χ0) is 50.4. The molecule has 0 unspecified atom stereocenters. The van der Waals surface area contributed by atoms with E-state index in [1.807, 2.05) is 69.3 Å². The maximum Gasteiger partial charge on any atom is 0.255 e. The van der Waals surface area contributed by atoms with Crippen LogP contribution in [0.1, 0.15) is 121 Å². The van der Waals surface area contributed by atoms with E-state index in [1.165, 1.54) is 16.0 Å². The number of likely N-dealkylation sites (N-methyl/N-ethyl adjacent to an activating group) is 2. The molecule has 1 saturated heterocycles. The second-order valence-electron chi connectivity index (χ2n) is 20.7. The summed E-state index contributed by atoms with van der Waals surface area (Å²) in [5, 5.41) is 18.3. The SMILES string of the molecule is CN[C@@H](C)C(=O)NCC(=O)N1Cc2cc(NC(=O)c3cccc(CO[C@H]4C[C@@H](C(=O)N[C@@H]5CCCc6ccccc65)N(C(=O)[C@@H](NC)C(C)(C)C)C4)c3)ccc2C[C@H]1C(=O)N[C@@H]1CCCc2ccccc21. The number of hydrogen-bond donors (Lipinski definition) is 6. The Labute approximate surface area is 417 Å². The van der Waals surface area contributed by atoms with E-state index < -0.39 is 41.6 Å². The molecule has 6 amide bonds. The summed E-state index contributed by atoms with van der Waals surface area (Å²) in [6.07, 6.45) is 5.63. The average molecular weight is 967 g/mol. The fourth-order valence-corrected chi connectivity index (χ4v) is 10.8. The monoisotopic (exact) mass is 967 g/mol. The number of carbonyl (C=O) groups is 6. The van der Waals surface area contributed by atoms with Crippen LogP contribution < -0.4 is 31.9 Å². The molecule has 376 valence electrons. The molecule has 15 nitrogen and oxygen atoms in total. The summed E-state index contributed by atoms with van der Waals surface area (Å²) >= 11 is 0. The van der Waals surface area contributed by atoms with Crippen molar-refractivity contribution in [3.05, 3.63) is 136 Å². The number of nitrogens with zero attached hydrogens (tertiary/aromatic N) is 2. The van der Waals surface area contributed by atoms with Gasteiger partial charge < -0.3 is 46.4 Å². The van der Waals surface area contributed by atoms with Gasteiger partial charge in [0.2, 0.25) is 29.5 Å². The lowest BCUT2D eigenvalue weighted by atomic mass is 9.85. The Bertz CT molecular complexity index is 2630. The van der Waals surface area contributed by atoms with E-state index in [4.69, 9.17) is 4.74 Å². The predicted molar refractivity (Wildman–Crippen MR) is 272 cm³/mol. The first-order chi connectivity index (χ1) is 34.1. The first-order valence-electron chi connectivity index (χ1n) is 25.2. The lowest BCUT2D eigenvalue weighted by Crippen LogP contribution is -2.56. The molecule has 71 heavy (non-hydrogen) atoms. The molecule has 4 aromatic carbocycles. The number of likely N-dealkylation sites (tertiary alicyclic amines) is 1. The van der Waals surface area contributed by atoms with Crippen molar-refractivity contribution in [3.63, 3.8) is 0 Å². The Hall–Kier alpha value is -6.42. The van der Waals surface area contributed by atoms with Crippen molar-refractivity contribution in [1.82, 2.24) is 36.4 Å². The Morgan fingerprint density at radius 1 is 0.718 bits per heavy atom. The van der Waals surface area contributed by atoms with Gasteiger partial charge >= 0.3 is 0 Å². The zero-order valence-corrected chi connectivity index (χ0v) is 41.9. The Morgan fingerprint density at radius 3 is 2.00 bits per heavy atom. The Balaban J connectivity index is 0.934. The molecule has 0 saturated carbocycles. The van der Waals surface area contributed by atoms with Crippen molar-refractivity contribution in [2.45, 2.75) is 135 Å². The Morgan fingerprint density at radius 2 is 1.37 bits per heavy atom. The summed E-state index contributed by atoms with van der Waals surface area (Å²) in [7, 11) is 3.43. The van der Waals surface area contributed by atoms with Crippen LogP contribution in [0, 0.1) is 5.41 Å². The predicted octanol–water partition coefficient (Wildman–Crippen LogP) is 5.42. The molecular weight excluding hydrogens is 897 g/mol. The van der Waals surface area contributed by atoms with Crippen LogP contribution in [0.3, 0.4) is 0 Å². The van der Waals surface area contributed by atoms with Crippen LogP contribution in [0.2, 0.25) is 0 Å². The molecule has 0 bridgehead atoms.